The molecular formula is C11H15N3. The van der Waals surface area contributed by atoms with Crippen LogP contribution in [0.4, 0.5) is 0 Å². The van der Waals surface area contributed by atoms with E-state index in [1.165, 1.54) is 0 Å². The van der Waals surface area contributed by atoms with Crippen LogP contribution in [-0.2, 0) is 6.42 Å². The van der Waals surface area contributed by atoms with Crippen molar-refractivity contribution in [3.05, 3.63) is 23.7 Å². The van der Waals surface area contributed by atoms with Crippen molar-refractivity contribution in [2.75, 3.05) is 0 Å². The van der Waals surface area contributed by atoms with Crippen LogP contribution >= 0.6 is 0 Å². The van der Waals surface area contributed by atoms with E-state index in [4.69, 9.17) is 0 Å². The maximum atomic E-state index is 4.45. The van der Waals surface area contributed by atoms with E-state index in [-0.39, 0.29) is 0 Å². The molecule has 2 aromatic rings. The van der Waals surface area contributed by atoms with Crippen molar-refractivity contribution in [1.82, 2.24) is 15.0 Å². The maximum absolute atomic E-state index is 4.45. The lowest BCUT2D eigenvalue weighted by Gasteiger charge is -1.98. The SMILES string of the molecule is Cc1ccc2[nH]c(CC(C)C)nc2n1. The van der Waals surface area contributed by atoms with Crippen molar-refractivity contribution in [2.45, 2.75) is 27.2 Å². The van der Waals surface area contributed by atoms with Crippen molar-refractivity contribution < 1.29 is 0 Å². The molecule has 3 nitrogen and oxygen atoms in total. The van der Waals surface area contributed by atoms with Crippen LogP contribution in [0.5, 0.6) is 0 Å². The van der Waals surface area contributed by atoms with Gasteiger partial charge in [-0.2, -0.15) is 0 Å². The predicted molar refractivity (Wildman–Crippen MR) is 57.2 cm³/mol. The molecule has 0 saturated carbocycles. The maximum Gasteiger partial charge on any atom is 0.177 e. The van der Waals surface area contributed by atoms with Gasteiger partial charge in [-0.25, -0.2) is 9.97 Å². The fraction of sp³-hybridized carbons (Fsp3) is 0.455. The molecular weight excluding hydrogens is 174 g/mol. The van der Waals surface area contributed by atoms with Crippen LogP contribution in [0, 0.1) is 12.8 Å². The first kappa shape index (κ1) is 9.19. The molecule has 0 unspecified atom stereocenters. The number of fused-ring (bicyclic) bond motifs is 1. The van der Waals surface area contributed by atoms with Gasteiger partial charge < -0.3 is 4.98 Å². The highest BCUT2D eigenvalue weighted by atomic mass is 15.0. The van der Waals surface area contributed by atoms with Gasteiger partial charge in [0.15, 0.2) is 5.65 Å². The largest absolute Gasteiger partial charge is 0.341 e. The Labute approximate surface area is 83.6 Å². The summed E-state index contributed by atoms with van der Waals surface area (Å²) in [6.45, 7) is 6.36. The summed E-state index contributed by atoms with van der Waals surface area (Å²) in [6.07, 6.45) is 0.982. The number of hydrogen-bond acceptors (Lipinski definition) is 2. The molecule has 2 aromatic heterocycles. The van der Waals surface area contributed by atoms with Crippen LogP contribution in [0.1, 0.15) is 25.4 Å². The highest BCUT2D eigenvalue weighted by molar-refractivity contribution is 5.70. The average molecular weight is 189 g/mol. The number of hydrogen-bond donors (Lipinski definition) is 1. The molecule has 0 aliphatic rings. The minimum atomic E-state index is 0.622. The predicted octanol–water partition coefficient (Wildman–Crippen LogP) is 2.46. The van der Waals surface area contributed by atoms with Crippen molar-refractivity contribution in [3.8, 4) is 0 Å². The molecule has 74 valence electrons. The molecule has 0 spiro atoms. The number of pyridine rings is 1. The van der Waals surface area contributed by atoms with Gasteiger partial charge in [-0.05, 0) is 25.0 Å². The number of H-pyrrole nitrogens is 1. The zero-order valence-electron chi connectivity index (χ0n) is 8.83. The number of rotatable bonds is 2. The number of aromatic amines is 1. The summed E-state index contributed by atoms with van der Waals surface area (Å²) >= 11 is 0. The first-order valence-electron chi connectivity index (χ1n) is 4.97. The highest BCUT2D eigenvalue weighted by Gasteiger charge is 2.05. The fourth-order valence-electron chi connectivity index (χ4n) is 1.52. The van der Waals surface area contributed by atoms with Crippen molar-refractivity contribution in [2.24, 2.45) is 5.92 Å². The van der Waals surface area contributed by atoms with Crippen LogP contribution < -0.4 is 0 Å². The van der Waals surface area contributed by atoms with Crippen LogP contribution in [-0.4, -0.2) is 15.0 Å². The second-order valence-electron chi connectivity index (χ2n) is 4.11. The lowest BCUT2D eigenvalue weighted by atomic mass is 10.1. The van der Waals surface area contributed by atoms with E-state index < -0.39 is 0 Å². The van der Waals surface area contributed by atoms with Crippen LogP contribution in [0.25, 0.3) is 11.2 Å². The summed E-state index contributed by atoms with van der Waals surface area (Å²) in [4.78, 5) is 12.1. The van der Waals surface area contributed by atoms with E-state index >= 15 is 0 Å². The summed E-state index contributed by atoms with van der Waals surface area (Å²) in [7, 11) is 0. The van der Waals surface area contributed by atoms with Gasteiger partial charge in [0.2, 0.25) is 0 Å². The zero-order chi connectivity index (χ0) is 10.1. The average Bonchev–Trinajstić information content (AvgIpc) is 2.44. The Balaban J connectivity index is 2.41. The van der Waals surface area contributed by atoms with Crippen molar-refractivity contribution >= 4 is 11.2 Å². The van der Waals surface area contributed by atoms with Gasteiger partial charge in [-0.15, -0.1) is 0 Å². The lowest BCUT2D eigenvalue weighted by molar-refractivity contribution is 0.627. The Kier molecular flexibility index (Phi) is 2.23. The number of aryl methyl sites for hydroxylation is 1. The lowest BCUT2D eigenvalue weighted by Crippen LogP contribution is -1.95. The van der Waals surface area contributed by atoms with E-state index in [1.54, 1.807) is 0 Å². The van der Waals surface area contributed by atoms with E-state index in [0.717, 1.165) is 29.1 Å². The smallest absolute Gasteiger partial charge is 0.177 e. The van der Waals surface area contributed by atoms with Crippen molar-refractivity contribution in [1.29, 1.82) is 0 Å². The van der Waals surface area contributed by atoms with Gasteiger partial charge in [0.25, 0.3) is 0 Å². The molecule has 0 aromatic carbocycles. The summed E-state index contributed by atoms with van der Waals surface area (Å²) in [6, 6.07) is 4.04. The molecule has 0 aliphatic carbocycles. The molecule has 14 heavy (non-hydrogen) atoms. The molecule has 0 radical (unpaired) electrons. The van der Waals surface area contributed by atoms with Crippen LogP contribution in [0.3, 0.4) is 0 Å². The van der Waals surface area contributed by atoms with Gasteiger partial charge in [0.05, 0.1) is 5.52 Å². The number of aromatic nitrogens is 3. The van der Waals surface area contributed by atoms with E-state index in [1.807, 2.05) is 19.1 Å². The van der Waals surface area contributed by atoms with Gasteiger partial charge in [0.1, 0.15) is 5.82 Å². The number of nitrogens with one attached hydrogen (secondary N) is 1. The Morgan fingerprint density at radius 1 is 1.29 bits per heavy atom. The first-order chi connectivity index (χ1) is 6.65. The molecule has 2 rings (SSSR count). The first-order valence-corrected chi connectivity index (χ1v) is 4.97. The van der Waals surface area contributed by atoms with Gasteiger partial charge in [-0.3, -0.25) is 0 Å². The van der Waals surface area contributed by atoms with E-state index in [9.17, 15) is 0 Å². The number of nitrogens with zero attached hydrogens (tertiary/aromatic N) is 2. The van der Waals surface area contributed by atoms with Gasteiger partial charge >= 0.3 is 0 Å². The quantitative estimate of drug-likeness (QED) is 0.788. The standard InChI is InChI=1S/C11H15N3/c1-7(2)6-10-13-9-5-4-8(3)12-11(9)14-10/h4-5,7H,6H2,1-3H3,(H,12,13,14). The third-order valence-electron chi connectivity index (χ3n) is 2.14. The fourth-order valence-corrected chi connectivity index (χ4v) is 1.52. The molecule has 1 N–H and O–H groups in total. The Hall–Kier alpha value is -1.38. The summed E-state index contributed by atoms with van der Waals surface area (Å²) < 4.78 is 0. The highest BCUT2D eigenvalue weighted by Crippen LogP contribution is 2.11. The minimum Gasteiger partial charge on any atom is -0.341 e. The van der Waals surface area contributed by atoms with E-state index in [0.29, 0.717) is 5.92 Å². The second-order valence-corrected chi connectivity index (χ2v) is 4.11. The number of imidazole rings is 1. The molecule has 0 aliphatic heterocycles. The van der Waals surface area contributed by atoms with Crippen LogP contribution in [0.2, 0.25) is 0 Å². The molecule has 0 amide bonds. The van der Waals surface area contributed by atoms with Gasteiger partial charge in [-0.1, -0.05) is 13.8 Å². The van der Waals surface area contributed by atoms with E-state index in [2.05, 4.69) is 28.8 Å². The summed E-state index contributed by atoms with van der Waals surface area (Å²) in [5, 5.41) is 0. The van der Waals surface area contributed by atoms with Crippen molar-refractivity contribution in [3.63, 3.8) is 0 Å². The Morgan fingerprint density at radius 2 is 2.07 bits per heavy atom. The molecule has 0 fully saturated rings. The Bertz CT molecular complexity index is 443. The minimum absolute atomic E-state index is 0.622. The van der Waals surface area contributed by atoms with Crippen LogP contribution in [0.15, 0.2) is 12.1 Å². The summed E-state index contributed by atoms with van der Waals surface area (Å²) in [5.41, 5.74) is 2.88. The Morgan fingerprint density at radius 3 is 2.79 bits per heavy atom. The second kappa shape index (κ2) is 3.40. The molecule has 0 atom stereocenters. The topological polar surface area (TPSA) is 41.6 Å². The monoisotopic (exact) mass is 189 g/mol. The summed E-state index contributed by atoms with van der Waals surface area (Å²) in [5.74, 6) is 1.66. The zero-order valence-corrected chi connectivity index (χ0v) is 8.83. The van der Waals surface area contributed by atoms with Gasteiger partial charge in [0, 0.05) is 12.1 Å². The molecule has 2 heterocycles. The molecule has 0 bridgehead atoms. The normalized spacial score (nSPS) is 11.4. The third-order valence-corrected chi connectivity index (χ3v) is 2.14. The third kappa shape index (κ3) is 1.76. The molecule has 0 saturated heterocycles. The molecule has 3 heteroatoms.